The predicted octanol–water partition coefficient (Wildman–Crippen LogP) is 6.17. The first-order valence-electron chi connectivity index (χ1n) is 12.3. The second-order valence-electron chi connectivity index (χ2n) is 8.93. The number of nitrogens with one attached hydrogen (secondary N) is 2. The van der Waals surface area contributed by atoms with E-state index >= 15 is 0 Å². The summed E-state index contributed by atoms with van der Waals surface area (Å²) in [4.78, 5) is 25.9. The van der Waals surface area contributed by atoms with Crippen molar-refractivity contribution in [3.63, 3.8) is 0 Å². The summed E-state index contributed by atoms with van der Waals surface area (Å²) in [6, 6.07) is 11.7. The Morgan fingerprint density at radius 1 is 1.02 bits per heavy atom. The standard InChI is InChI=1S/C28H23Cl2F2N7O2/c1-33-12-21-27(41-3)38-20(13-34-21)17-8-4-6-15(23(17)29)16-7-5-9-18(24(16)30)36-26-22-14(10-19(37-26)25(31)32)11-35-39(2)28(22)40/h4-11,13,25,33H,12H2,1-3H3,(H,36,37). The zero-order valence-electron chi connectivity index (χ0n) is 22.0. The normalized spacial score (nSPS) is 11.3. The van der Waals surface area contributed by atoms with E-state index in [1.54, 1.807) is 49.6 Å². The summed E-state index contributed by atoms with van der Waals surface area (Å²) in [5.41, 5.74) is 2.24. The van der Waals surface area contributed by atoms with Crippen molar-refractivity contribution in [3.8, 4) is 28.3 Å². The fourth-order valence-electron chi connectivity index (χ4n) is 4.36. The molecule has 0 aliphatic rings. The van der Waals surface area contributed by atoms with Crippen molar-refractivity contribution in [2.75, 3.05) is 19.5 Å². The van der Waals surface area contributed by atoms with Crippen molar-refractivity contribution in [3.05, 3.63) is 86.6 Å². The number of halogens is 4. The zero-order valence-corrected chi connectivity index (χ0v) is 23.6. The number of hydrogen-bond acceptors (Lipinski definition) is 8. The van der Waals surface area contributed by atoms with Gasteiger partial charge in [0.25, 0.3) is 12.0 Å². The number of aryl methyl sites for hydroxylation is 1. The van der Waals surface area contributed by atoms with Crippen LogP contribution in [0, 0.1) is 0 Å². The summed E-state index contributed by atoms with van der Waals surface area (Å²) >= 11 is 13.7. The number of methoxy groups -OCH3 is 1. The largest absolute Gasteiger partial charge is 0.480 e. The maximum atomic E-state index is 13.6. The number of nitrogens with zero attached hydrogens (tertiary/aromatic N) is 5. The second-order valence-corrected chi connectivity index (χ2v) is 9.69. The fraction of sp³-hybridized carbons (Fsp3) is 0.179. The van der Waals surface area contributed by atoms with Crippen LogP contribution < -0.4 is 20.9 Å². The van der Waals surface area contributed by atoms with Crippen LogP contribution in [0.25, 0.3) is 33.2 Å². The van der Waals surface area contributed by atoms with E-state index in [9.17, 15) is 13.6 Å². The van der Waals surface area contributed by atoms with Gasteiger partial charge in [-0.3, -0.25) is 9.78 Å². The third-order valence-electron chi connectivity index (χ3n) is 6.34. The van der Waals surface area contributed by atoms with E-state index in [2.05, 4.69) is 30.7 Å². The summed E-state index contributed by atoms with van der Waals surface area (Å²) in [6.45, 7) is 0.479. The Kier molecular flexibility index (Phi) is 8.11. The van der Waals surface area contributed by atoms with Crippen LogP contribution in [-0.2, 0) is 13.6 Å². The van der Waals surface area contributed by atoms with E-state index in [-0.39, 0.29) is 21.6 Å². The van der Waals surface area contributed by atoms with Crippen molar-refractivity contribution in [1.82, 2.24) is 30.0 Å². The average Bonchev–Trinajstić information content (AvgIpc) is 2.96. The van der Waals surface area contributed by atoms with E-state index in [1.165, 1.54) is 20.4 Å². The number of aromatic nitrogens is 5. The van der Waals surface area contributed by atoms with Gasteiger partial charge in [-0.1, -0.05) is 53.5 Å². The molecule has 0 aliphatic heterocycles. The number of alkyl halides is 2. The Morgan fingerprint density at radius 2 is 1.73 bits per heavy atom. The molecule has 2 N–H and O–H groups in total. The highest BCUT2D eigenvalue weighted by molar-refractivity contribution is 6.39. The Balaban J connectivity index is 1.60. The SMILES string of the molecule is CNCc1ncc(-c2cccc(-c3cccc(Nc4nc(C(F)F)cc5cnn(C)c(=O)c45)c3Cl)c2Cl)nc1OC. The van der Waals surface area contributed by atoms with E-state index < -0.39 is 17.7 Å². The molecule has 41 heavy (non-hydrogen) atoms. The molecule has 0 aliphatic carbocycles. The van der Waals surface area contributed by atoms with Gasteiger partial charge in [0.15, 0.2) is 0 Å². The highest BCUT2D eigenvalue weighted by atomic mass is 35.5. The van der Waals surface area contributed by atoms with Crippen LogP contribution in [0.15, 0.2) is 59.7 Å². The molecule has 5 rings (SSSR count). The number of hydrogen-bond donors (Lipinski definition) is 2. The Bertz CT molecular complexity index is 1830. The van der Waals surface area contributed by atoms with E-state index in [0.717, 1.165) is 10.7 Å². The lowest BCUT2D eigenvalue weighted by Gasteiger charge is -2.16. The van der Waals surface area contributed by atoms with Crippen molar-refractivity contribution < 1.29 is 13.5 Å². The highest BCUT2D eigenvalue weighted by Gasteiger charge is 2.20. The molecule has 0 radical (unpaired) electrons. The lowest BCUT2D eigenvalue weighted by atomic mass is 10.0. The molecule has 3 aromatic heterocycles. The van der Waals surface area contributed by atoms with E-state index in [1.807, 2.05) is 0 Å². The molecular formula is C28H23Cl2F2N7O2. The molecule has 0 bridgehead atoms. The molecule has 0 spiro atoms. The lowest BCUT2D eigenvalue weighted by molar-refractivity contribution is 0.146. The molecule has 0 amide bonds. The first kappa shape index (κ1) is 28.3. The Labute approximate surface area is 243 Å². The molecule has 0 unspecified atom stereocenters. The molecule has 0 saturated heterocycles. The average molecular weight is 598 g/mol. The van der Waals surface area contributed by atoms with Crippen molar-refractivity contribution in [2.45, 2.75) is 13.0 Å². The Hall–Kier alpha value is -4.19. The van der Waals surface area contributed by atoms with Crippen LogP contribution in [-0.4, -0.2) is 38.9 Å². The monoisotopic (exact) mass is 597 g/mol. The van der Waals surface area contributed by atoms with Crippen molar-refractivity contribution in [2.24, 2.45) is 7.05 Å². The summed E-state index contributed by atoms with van der Waals surface area (Å²) in [5, 5.41) is 10.9. The molecule has 0 saturated carbocycles. The third kappa shape index (κ3) is 5.43. The second kappa shape index (κ2) is 11.7. The van der Waals surface area contributed by atoms with Gasteiger partial charge in [0, 0.05) is 35.7 Å². The lowest BCUT2D eigenvalue weighted by Crippen LogP contribution is -2.20. The van der Waals surface area contributed by atoms with Crippen LogP contribution in [0.4, 0.5) is 20.3 Å². The van der Waals surface area contributed by atoms with Gasteiger partial charge < -0.3 is 15.4 Å². The molecule has 210 valence electrons. The maximum Gasteiger partial charge on any atom is 0.280 e. The van der Waals surface area contributed by atoms with Gasteiger partial charge in [-0.2, -0.15) is 5.10 Å². The van der Waals surface area contributed by atoms with Crippen LogP contribution >= 0.6 is 23.2 Å². The summed E-state index contributed by atoms with van der Waals surface area (Å²) < 4.78 is 33.8. The number of fused-ring (bicyclic) bond motifs is 1. The van der Waals surface area contributed by atoms with E-state index in [0.29, 0.717) is 51.2 Å². The van der Waals surface area contributed by atoms with Gasteiger partial charge in [0.05, 0.1) is 46.3 Å². The fourth-order valence-corrected chi connectivity index (χ4v) is 4.96. The topological polar surface area (TPSA) is 107 Å². The van der Waals surface area contributed by atoms with Gasteiger partial charge in [0.2, 0.25) is 5.88 Å². The van der Waals surface area contributed by atoms with Gasteiger partial charge in [-0.05, 0) is 19.2 Å². The highest BCUT2D eigenvalue weighted by Crippen LogP contribution is 2.42. The smallest absolute Gasteiger partial charge is 0.280 e. The third-order valence-corrected chi connectivity index (χ3v) is 7.15. The Morgan fingerprint density at radius 3 is 2.44 bits per heavy atom. The van der Waals surface area contributed by atoms with Gasteiger partial charge >= 0.3 is 0 Å². The molecule has 0 atom stereocenters. The zero-order chi connectivity index (χ0) is 29.3. The van der Waals surface area contributed by atoms with Crippen LogP contribution in [0.3, 0.4) is 0 Å². The molecule has 5 aromatic rings. The molecule has 3 heterocycles. The minimum Gasteiger partial charge on any atom is -0.480 e. The molecule has 2 aromatic carbocycles. The molecule has 13 heteroatoms. The summed E-state index contributed by atoms with van der Waals surface area (Å²) in [6.07, 6.45) is 0.0885. The number of rotatable bonds is 8. The molecular weight excluding hydrogens is 575 g/mol. The minimum absolute atomic E-state index is 0.0660. The minimum atomic E-state index is -2.86. The van der Waals surface area contributed by atoms with Gasteiger partial charge in [0.1, 0.15) is 17.2 Å². The van der Waals surface area contributed by atoms with Crippen LogP contribution in [0.2, 0.25) is 10.0 Å². The number of ether oxygens (including phenoxy) is 1. The van der Waals surface area contributed by atoms with E-state index in [4.69, 9.17) is 27.9 Å². The first-order chi connectivity index (χ1) is 19.7. The number of pyridine rings is 1. The predicted molar refractivity (Wildman–Crippen MR) is 155 cm³/mol. The molecule has 0 fully saturated rings. The molecule has 9 nitrogen and oxygen atoms in total. The number of benzene rings is 2. The van der Waals surface area contributed by atoms with Gasteiger partial charge in [-0.15, -0.1) is 0 Å². The van der Waals surface area contributed by atoms with Crippen molar-refractivity contribution in [1.29, 1.82) is 0 Å². The number of anilines is 2. The van der Waals surface area contributed by atoms with Crippen molar-refractivity contribution >= 4 is 45.5 Å². The van der Waals surface area contributed by atoms with Crippen LogP contribution in [0.5, 0.6) is 5.88 Å². The summed E-state index contributed by atoms with van der Waals surface area (Å²) in [7, 11) is 4.78. The van der Waals surface area contributed by atoms with Crippen LogP contribution in [0.1, 0.15) is 17.8 Å². The first-order valence-corrected chi connectivity index (χ1v) is 13.0. The van der Waals surface area contributed by atoms with Gasteiger partial charge in [-0.25, -0.2) is 23.4 Å². The summed E-state index contributed by atoms with van der Waals surface area (Å²) in [5.74, 6) is 0.304. The quantitative estimate of drug-likeness (QED) is 0.219. The maximum absolute atomic E-state index is 13.6.